The molecule has 1 aliphatic rings. The van der Waals surface area contributed by atoms with Gasteiger partial charge in [-0.25, -0.2) is 14.8 Å². The van der Waals surface area contributed by atoms with Crippen LogP contribution in [0.3, 0.4) is 0 Å². The first-order chi connectivity index (χ1) is 13.4. The van der Waals surface area contributed by atoms with Crippen molar-refractivity contribution >= 4 is 21.5 Å². The summed E-state index contributed by atoms with van der Waals surface area (Å²) in [5, 5.41) is 12.9. The average Bonchev–Trinajstić information content (AvgIpc) is 3.28. The number of nitrogens with zero attached hydrogens (tertiary/aromatic N) is 5. The second-order valence-electron chi connectivity index (χ2n) is 6.81. The Hall–Kier alpha value is -2.11. The Morgan fingerprint density at radius 1 is 1.14 bits per heavy atom. The van der Waals surface area contributed by atoms with E-state index in [1.165, 1.54) is 4.31 Å². The van der Waals surface area contributed by atoms with E-state index in [-0.39, 0.29) is 0 Å². The molecule has 3 aromatic rings. The summed E-state index contributed by atoms with van der Waals surface area (Å²) in [6, 6.07) is 10.1. The van der Waals surface area contributed by atoms with Crippen molar-refractivity contribution in [1.29, 1.82) is 0 Å². The Balaban J connectivity index is 1.60. The maximum atomic E-state index is 11.5. The topological polar surface area (TPSA) is 97.3 Å². The van der Waals surface area contributed by atoms with Crippen molar-refractivity contribution in [3.05, 3.63) is 53.2 Å². The molecule has 3 heterocycles. The van der Waals surface area contributed by atoms with E-state index in [2.05, 4.69) is 9.88 Å². The number of rotatable bonds is 5. The van der Waals surface area contributed by atoms with Gasteiger partial charge in [-0.3, -0.25) is 4.90 Å². The van der Waals surface area contributed by atoms with Gasteiger partial charge < -0.3 is 0 Å². The maximum absolute atomic E-state index is 11.5. The predicted molar refractivity (Wildman–Crippen MR) is 109 cm³/mol. The molecule has 4 rings (SSSR count). The summed E-state index contributed by atoms with van der Waals surface area (Å²) in [6.45, 7) is 4.72. The second-order valence-corrected chi connectivity index (χ2v) is 9.19. The molecule has 1 fully saturated rings. The molecule has 1 aliphatic heterocycles. The van der Waals surface area contributed by atoms with Gasteiger partial charge in [0.2, 0.25) is 5.13 Å². The predicted octanol–water partition coefficient (Wildman–Crippen LogP) is 1.63. The highest BCUT2D eigenvalue weighted by molar-refractivity contribution is 7.86. The molecule has 28 heavy (non-hydrogen) atoms. The van der Waals surface area contributed by atoms with E-state index >= 15 is 0 Å². The van der Waals surface area contributed by atoms with Crippen molar-refractivity contribution in [3.8, 4) is 16.4 Å². The van der Waals surface area contributed by atoms with Crippen molar-refractivity contribution in [2.75, 3.05) is 26.2 Å². The highest BCUT2D eigenvalue weighted by atomic mass is 32.2. The van der Waals surface area contributed by atoms with Gasteiger partial charge in [-0.1, -0.05) is 30.3 Å². The van der Waals surface area contributed by atoms with Gasteiger partial charge in [0.15, 0.2) is 0 Å². The fraction of sp³-hybridized carbons (Fsp3) is 0.333. The SMILES string of the molecule is Cc1csc(-n2cc(CN3CCN(S(N)(=O)=O)CC3)c(-c3ccccc3)n2)n1. The molecule has 2 N–H and O–H groups in total. The van der Waals surface area contributed by atoms with Crippen LogP contribution >= 0.6 is 11.3 Å². The van der Waals surface area contributed by atoms with Gasteiger partial charge in [0, 0.05) is 55.4 Å². The summed E-state index contributed by atoms with van der Waals surface area (Å²) >= 11 is 1.56. The zero-order valence-corrected chi connectivity index (χ0v) is 17.2. The number of aryl methyl sites for hydroxylation is 1. The maximum Gasteiger partial charge on any atom is 0.276 e. The first-order valence-corrected chi connectivity index (χ1v) is 11.3. The van der Waals surface area contributed by atoms with E-state index in [1.807, 2.05) is 53.5 Å². The lowest BCUT2D eigenvalue weighted by Gasteiger charge is -2.32. The van der Waals surface area contributed by atoms with Crippen LogP contribution in [-0.4, -0.2) is 58.6 Å². The van der Waals surface area contributed by atoms with Crippen LogP contribution in [0.1, 0.15) is 11.3 Å². The van der Waals surface area contributed by atoms with Crippen LogP contribution in [0.5, 0.6) is 0 Å². The minimum Gasteiger partial charge on any atom is -0.296 e. The van der Waals surface area contributed by atoms with Crippen LogP contribution in [0.4, 0.5) is 0 Å². The molecule has 10 heteroatoms. The lowest BCUT2D eigenvalue weighted by atomic mass is 10.1. The largest absolute Gasteiger partial charge is 0.296 e. The van der Waals surface area contributed by atoms with Gasteiger partial charge >= 0.3 is 0 Å². The van der Waals surface area contributed by atoms with E-state index in [0.29, 0.717) is 32.7 Å². The van der Waals surface area contributed by atoms with Crippen molar-refractivity contribution in [3.63, 3.8) is 0 Å². The molecule has 2 aromatic heterocycles. The molecule has 0 saturated carbocycles. The second kappa shape index (κ2) is 7.72. The molecule has 0 bridgehead atoms. The lowest BCUT2D eigenvalue weighted by Crippen LogP contribution is -2.50. The van der Waals surface area contributed by atoms with E-state index in [4.69, 9.17) is 10.2 Å². The van der Waals surface area contributed by atoms with Gasteiger partial charge in [-0.15, -0.1) is 11.3 Å². The van der Waals surface area contributed by atoms with Crippen LogP contribution in [-0.2, 0) is 16.8 Å². The van der Waals surface area contributed by atoms with Gasteiger partial charge in [0.25, 0.3) is 10.2 Å². The monoisotopic (exact) mass is 418 g/mol. The number of piperazine rings is 1. The molecular weight excluding hydrogens is 396 g/mol. The number of nitrogens with two attached hydrogens (primary N) is 1. The Labute approximate surface area is 168 Å². The van der Waals surface area contributed by atoms with Crippen molar-refractivity contribution in [1.82, 2.24) is 24.0 Å². The summed E-state index contributed by atoms with van der Waals surface area (Å²) in [4.78, 5) is 6.76. The summed E-state index contributed by atoms with van der Waals surface area (Å²) in [5.74, 6) is 0. The number of aromatic nitrogens is 3. The molecule has 0 radical (unpaired) electrons. The summed E-state index contributed by atoms with van der Waals surface area (Å²) in [5.41, 5.74) is 4.02. The highest BCUT2D eigenvalue weighted by Gasteiger charge is 2.25. The average molecular weight is 419 g/mol. The fourth-order valence-electron chi connectivity index (χ4n) is 3.29. The fourth-order valence-corrected chi connectivity index (χ4v) is 4.69. The van der Waals surface area contributed by atoms with Crippen LogP contribution in [0.25, 0.3) is 16.4 Å². The minimum atomic E-state index is -3.62. The zero-order chi connectivity index (χ0) is 19.7. The van der Waals surface area contributed by atoms with Crippen molar-refractivity contribution < 1.29 is 8.42 Å². The Kier molecular flexibility index (Phi) is 5.30. The molecule has 148 valence electrons. The van der Waals surface area contributed by atoms with E-state index < -0.39 is 10.2 Å². The Morgan fingerprint density at radius 2 is 1.86 bits per heavy atom. The third-order valence-corrected chi connectivity index (χ3v) is 6.76. The van der Waals surface area contributed by atoms with E-state index in [1.54, 1.807) is 11.3 Å². The molecule has 0 amide bonds. The van der Waals surface area contributed by atoms with E-state index in [9.17, 15) is 8.42 Å². The Bertz CT molecular complexity index is 1050. The standard InChI is InChI=1S/C18H22N6O2S2/c1-14-13-27-18(20-14)24-12-16(17(21-24)15-5-3-2-4-6-15)11-22-7-9-23(10-8-22)28(19,25)26/h2-6,12-13H,7-11H2,1H3,(H2,19,25,26). The summed E-state index contributed by atoms with van der Waals surface area (Å²) < 4.78 is 26.2. The number of hydrogen-bond acceptors (Lipinski definition) is 6. The minimum absolute atomic E-state index is 0.402. The Morgan fingerprint density at radius 3 is 2.46 bits per heavy atom. The normalized spacial score (nSPS) is 16.5. The molecule has 8 nitrogen and oxygen atoms in total. The quantitative estimate of drug-likeness (QED) is 0.679. The van der Waals surface area contributed by atoms with Crippen LogP contribution in [0, 0.1) is 6.92 Å². The first kappa shape index (κ1) is 19.2. The third kappa shape index (κ3) is 4.15. The highest BCUT2D eigenvalue weighted by Crippen LogP contribution is 2.26. The molecule has 0 atom stereocenters. The summed E-state index contributed by atoms with van der Waals surface area (Å²) in [6.07, 6.45) is 2.02. The number of thiazole rings is 1. The van der Waals surface area contributed by atoms with Crippen LogP contribution < -0.4 is 5.14 Å². The molecular formula is C18H22N6O2S2. The zero-order valence-electron chi connectivity index (χ0n) is 15.5. The summed E-state index contributed by atoms with van der Waals surface area (Å²) in [7, 11) is -3.62. The van der Waals surface area contributed by atoms with Crippen molar-refractivity contribution in [2.45, 2.75) is 13.5 Å². The molecule has 0 unspecified atom stereocenters. The lowest BCUT2D eigenvalue weighted by molar-refractivity contribution is 0.182. The van der Waals surface area contributed by atoms with Gasteiger partial charge in [-0.05, 0) is 6.92 Å². The van der Waals surface area contributed by atoms with Crippen LogP contribution in [0.15, 0.2) is 41.9 Å². The number of hydrogen-bond donors (Lipinski definition) is 1. The number of benzene rings is 1. The van der Waals surface area contributed by atoms with Gasteiger partial charge in [0.05, 0.1) is 11.4 Å². The van der Waals surface area contributed by atoms with E-state index in [0.717, 1.165) is 27.6 Å². The molecule has 1 aromatic carbocycles. The first-order valence-electron chi connectivity index (χ1n) is 8.97. The molecule has 0 aliphatic carbocycles. The van der Waals surface area contributed by atoms with Gasteiger partial charge in [0.1, 0.15) is 0 Å². The van der Waals surface area contributed by atoms with Crippen LogP contribution in [0.2, 0.25) is 0 Å². The smallest absolute Gasteiger partial charge is 0.276 e. The third-order valence-electron chi connectivity index (χ3n) is 4.73. The molecule has 0 spiro atoms. The molecule has 1 saturated heterocycles. The van der Waals surface area contributed by atoms with Crippen molar-refractivity contribution in [2.24, 2.45) is 5.14 Å². The van der Waals surface area contributed by atoms with Gasteiger partial charge in [-0.2, -0.15) is 17.8 Å².